The highest BCUT2D eigenvalue weighted by atomic mass is 32.1. The molecular formula is C14H23N3S. The van der Waals surface area contributed by atoms with E-state index < -0.39 is 0 Å². The average Bonchev–Trinajstić information content (AvgIpc) is 2.76. The Morgan fingerprint density at radius 3 is 2.94 bits per heavy atom. The SMILES string of the molecule is Cc1ncsc1CN1CCNC2(CCCCC2)C1. The van der Waals surface area contributed by atoms with Gasteiger partial charge in [0, 0.05) is 36.6 Å². The van der Waals surface area contributed by atoms with Crippen molar-refractivity contribution < 1.29 is 0 Å². The van der Waals surface area contributed by atoms with Gasteiger partial charge in [-0.1, -0.05) is 19.3 Å². The van der Waals surface area contributed by atoms with Gasteiger partial charge in [-0.3, -0.25) is 4.90 Å². The van der Waals surface area contributed by atoms with Crippen molar-refractivity contribution in [1.29, 1.82) is 0 Å². The normalized spacial score (nSPS) is 24.5. The molecule has 3 rings (SSSR count). The van der Waals surface area contributed by atoms with Crippen LogP contribution in [0, 0.1) is 6.92 Å². The summed E-state index contributed by atoms with van der Waals surface area (Å²) in [7, 11) is 0. The molecule has 4 heteroatoms. The van der Waals surface area contributed by atoms with Gasteiger partial charge in [0.15, 0.2) is 0 Å². The van der Waals surface area contributed by atoms with Gasteiger partial charge >= 0.3 is 0 Å². The van der Waals surface area contributed by atoms with E-state index in [2.05, 4.69) is 22.1 Å². The van der Waals surface area contributed by atoms with Crippen molar-refractivity contribution in [2.24, 2.45) is 0 Å². The van der Waals surface area contributed by atoms with Gasteiger partial charge in [-0.05, 0) is 19.8 Å². The zero-order chi connectivity index (χ0) is 12.4. The number of thiazole rings is 1. The Labute approximate surface area is 114 Å². The lowest BCUT2D eigenvalue weighted by molar-refractivity contribution is 0.0950. The summed E-state index contributed by atoms with van der Waals surface area (Å²) < 4.78 is 0. The Balaban J connectivity index is 1.65. The van der Waals surface area contributed by atoms with Crippen molar-refractivity contribution >= 4 is 11.3 Å². The highest BCUT2D eigenvalue weighted by Crippen LogP contribution is 2.31. The number of aryl methyl sites for hydroxylation is 1. The van der Waals surface area contributed by atoms with Crippen LogP contribution in [0.3, 0.4) is 0 Å². The van der Waals surface area contributed by atoms with Crippen molar-refractivity contribution in [3.8, 4) is 0 Å². The Morgan fingerprint density at radius 2 is 2.22 bits per heavy atom. The minimum absolute atomic E-state index is 0.426. The maximum absolute atomic E-state index is 4.36. The quantitative estimate of drug-likeness (QED) is 0.891. The first kappa shape index (κ1) is 12.6. The van der Waals surface area contributed by atoms with Crippen LogP contribution in [0.4, 0.5) is 0 Å². The Morgan fingerprint density at radius 1 is 1.39 bits per heavy atom. The van der Waals surface area contributed by atoms with E-state index in [0.717, 1.165) is 13.1 Å². The summed E-state index contributed by atoms with van der Waals surface area (Å²) in [5, 5.41) is 3.80. The van der Waals surface area contributed by atoms with Crippen molar-refractivity contribution in [2.45, 2.75) is 51.1 Å². The molecule has 0 amide bonds. The van der Waals surface area contributed by atoms with Crippen LogP contribution >= 0.6 is 11.3 Å². The summed E-state index contributed by atoms with van der Waals surface area (Å²) in [5.41, 5.74) is 3.62. The lowest BCUT2D eigenvalue weighted by atomic mass is 9.80. The second-order valence-electron chi connectivity index (χ2n) is 5.84. The van der Waals surface area contributed by atoms with Gasteiger partial charge < -0.3 is 5.32 Å². The summed E-state index contributed by atoms with van der Waals surface area (Å²) >= 11 is 1.81. The molecular weight excluding hydrogens is 242 g/mol. The molecule has 0 radical (unpaired) electrons. The van der Waals surface area contributed by atoms with E-state index in [1.165, 1.54) is 55.8 Å². The Hall–Kier alpha value is -0.450. The van der Waals surface area contributed by atoms with E-state index in [4.69, 9.17) is 0 Å². The number of aromatic nitrogens is 1. The molecule has 3 nitrogen and oxygen atoms in total. The summed E-state index contributed by atoms with van der Waals surface area (Å²) in [4.78, 5) is 8.44. The summed E-state index contributed by atoms with van der Waals surface area (Å²) in [5.74, 6) is 0. The second-order valence-corrected chi connectivity index (χ2v) is 6.78. The highest BCUT2D eigenvalue weighted by Gasteiger charge is 2.36. The molecule has 1 aromatic rings. The molecule has 1 aromatic heterocycles. The Bertz CT molecular complexity index is 390. The molecule has 0 atom stereocenters. The molecule has 1 aliphatic carbocycles. The van der Waals surface area contributed by atoms with Crippen LogP contribution in [0.15, 0.2) is 5.51 Å². The van der Waals surface area contributed by atoms with Gasteiger partial charge in [0.2, 0.25) is 0 Å². The second kappa shape index (κ2) is 5.27. The van der Waals surface area contributed by atoms with E-state index in [9.17, 15) is 0 Å². The molecule has 2 fully saturated rings. The first-order chi connectivity index (χ1) is 8.77. The molecule has 1 spiro atoms. The van der Waals surface area contributed by atoms with E-state index >= 15 is 0 Å². The fourth-order valence-corrected chi connectivity index (χ4v) is 4.24. The van der Waals surface area contributed by atoms with Crippen LogP contribution in [0.5, 0.6) is 0 Å². The maximum atomic E-state index is 4.36. The number of rotatable bonds is 2. The average molecular weight is 265 g/mol. The minimum Gasteiger partial charge on any atom is -0.309 e. The monoisotopic (exact) mass is 265 g/mol. The van der Waals surface area contributed by atoms with Crippen LogP contribution < -0.4 is 5.32 Å². The van der Waals surface area contributed by atoms with Gasteiger partial charge in [0.25, 0.3) is 0 Å². The van der Waals surface area contributed by atoms with Gasteiger partial charge in [-0.2, -0.15) is 0 Å². The van der Waals surface area contributed by atoms with Gasteiger partial charge in [-0.15, -0.1) is 11.3 Å². The van der Waals surface area contributed by atoms with Crippen molar-refractivity contribution in [2.75, 3.05) is 19.6 Å². The molecule has 2 aliphatic rings. The van der Waals surface area contributed by atoms with Crippen molar-refractivity contribution in [3.63, 3.8) is 0 Å². The number of hydrogen-bond acceptors (Lipinski definition) is 4. The highest BCUT2D eigenvalue weighted by molar-refractivity contribution is 7.09. The maximum Gasteiger partial charge on any atom is 0.0798 e. The van der Waals surface area contributed by atoms with Crippen molar-refractivity contribution in [3.05, 3.63) is 16.1 Å². The van der Waals surface area contributed by atoms with Crippen molar-refractivity contribution in [1.82, 2.24) is 15.2 Å². The van der Waals surface area contributed by atoms with Crippen LogP contribution in [0.2, 0.25) is 0 Å². The first-order valence-electron chi connectivity index (χ1n) is 7.14. The number of hydrogen-bond donors (Lipinski definition) is 1. The molecule has 18 heavy (non-hydrogen) atoms. The van der Waals surface area contributed by atoms with Gasteiger partial charge in [0.1, 0.15) is 0 Å². The molecule has 0 aromatic carbocycles. The first-order valence-corrected chi connectivity index (χ1v) is 8.02. The number of nitrogens with one attached hydrogen (secondary N) is 1. The number of piperazine rings is 1. The topological polar surface area (TPSA) is 28.2 Å². The van der Waals surface area contributed by atoms with Crippen LogP contribution in [0.25, 0.3) is 0 Å². The molecule has 1 saturated carbocycles. The third-order valence-electron chi connectivity index (χ3n) is 4.48. The van der Waals surface area contributed by atoms with E-state index in [-0.39, 0.29) is 0 Å². The van der Waals surface area contributed by atoms with Gasteiger partial charge in [-0.25, -0.2) is 4.98 Å². The zero-order valence-electron chi connectivity index (χ0n) is 11.2. The molecule has 0 unspecified atom stereocenters. The summed E-state index contributed by atoms with van der Waals surface area (Å²) in [6.07, 6.45) is 6.97. The molecule has 1 N–H and O–H groups in total. The minimum atomic E-state index is 0.426. The van der Waals surface area contributed by atoms with E-state index in [1.54, 1.807) is 11.3 Å². The predicted octanol–water partition coefficient (Wildman–Crippen LogP) is 2.56. The number of nitrogens with zero attached hydrogens (tertiary/aromatic N) is 2. The van der Waals surface area contributed by atoms with E-state index in [0.29, 0.717) is 5.54 Å². The van der Waals surface area contributed by atoms with E-state index in [1.807, 2.05) is 5.51 Å². The van der Waals surface area contributed by atoms with Crippen LogP contribution in [-0.4, -0.2) is 35.1 Å². The lowest BCUT2D eigenvalue weighted by Crippen LogP contribution is -2.60. The zero-order valence-corrected chi connectivity index (χ0v) is 12.1. The smallest absolute Gasteiger partial charge is 0.0798 e. The Kier molecular flexibility index (Phi) is 3.68. The predicted molar refractivity (Wildman–Crippen MR) is 75.9 cm³/mol. The van der Waals surface area contributed by atoms with Crippen LogP contribution in [-0.2, 0) is 6.54 Å². The van der Waals surface area contributed by atoms with Gasteiger partial charge in [0.05, 0.1) is 11.2 Å². The lowest BCUT2D eigenvalue weighted by Gasteiger charge is -2.46. The largest absolute Gasteiger partial charge is 0.309 e. The fraction of sp³-hybridized carbons (Fsp3) is 0.786. The third-order valence-corrected chi connectivity index (χ3v) is 5.40. The van der Waals surface area contributed by atoms with Crippen LogP contribution in [0.1, 0.15) is 42.7 Å². The summed E-state index contributed by atoms with van der Waals surface area (Å²) in [6, 6.07) is 0. The summed E-state index contributed by atoms with van der Waals surface area (Å²) in [6.45, 7) is 6.78. The molecule has 0 bridgehead atoms. The molecule has 100 valence electrons. The third kappa shape index (κ3) is 2.60. The molecule has 1 saturated heterocycles. The standard InChI is InChI=1S/C14H23N3S/c1-12-13(18-11-15-12)9-17-8-7-16-14(10-17)5-3-2-4-6-14/h11,16H,2-10H2,1H3. The molecule has 1 aliphatic heterocycles. The fourth-order valence-electron chi connectivity index (χ4n) is 3.42. The molecule has 2 heterocycles.